The molecule has 0 fully saturated rings. The van der Waals surface area contributed by atoms with Crippen LogP contribution < -0.4 is 4.18 Å². The summed E-state index contributed by atoms with van der Waals surface area (Å²) in [5.41, 5.74) is 3.78. The van der Waals surface area contributed by atoms with Gasteiger partial charge in [0.25, 0.3) is 0 Å². The van der Waals surface area contributed by atoms with Crippen LogP contribution in [0.2, 0.25) is 0 Å². The number of rotatable bonds is 8. The molecular weight excluding hydrogens is 524 g/mol. The highest BCUT2D eigenvalue weighted by Crippen LogP contribution is 2.71. The van der Waals surface area contributed by atoms with Crippen LogP contribution >= 0.6 is 10.3 Å². The van der Waals surface area contributed by atoms with E-state index in [2.05, 4.69) is 69.3 Å². The van der Waals surface area contributed by atoms with E-state index in [1.54, 1.807) is 24.3 Å². The van der Waals surface area contributed by atoms with Gasteiger partial charge in [-0.25, -0.2) is 0 Å². The molecule has 5 rings (SSSR count). The van der Waals surface area contributed by atoms with Crippen LogP contribution in [0.4, 0.5) is 0 Å². The minimum atomic E-state index is -1.95. The maximum atomic E-state index is 13.3. The monoisotopic (exact) mass is 560 g/mol. The van der Waals surface area contributed by atoms with Gasteiger partial charge in [-0.15, -0.1) is 0 Å². The Morgan fingerprint density at radius 1 is 0.707 bits per heavy atom. The normalized spacial score (nSPS) is 15.4. The molecule has 1 aliphatic rings. The molecule has 0 N–H and O–H groups in total. The number of carbonyl (C=O) groups excluding carboxylic acids is 2. The first kappa shape index (κ1) is 28.4. The molecule has 4 heteroatoms. The van der Waals surface area contributed by atoms with Crippen molar-refractivity contribution in [2.24, 2.45) is 0 Å². The summed E-state index contributed by atoms with van der Waals surface area (Å²) in [5, 5.41) is 0. The van der Waals surface area contributed by atoms with Gasteiger partial charge < -0.3 is 4.18 Å². The quantitative estimate of drug-likeness (QED) is 0.159. The third-order valence-corrected chi connectivity index (χ3v) is 11.3. The second kappa shape index (κ2) is 11.8. The summed E-state index contributed by atoms with van der Waals surface area (Å²) >= 11 is 0. The van der Waals surface area contributed by atoms with Crippen LogP contribution in [0.1, 0.15) is 59.9 Å². The molecule has 0 aliphatic heterocycles. The lowest BCUT2D eigenvalue weighted by Crippen LogP contribution is -2.30. The number of allylic oxidation sites excluding steroid dienone is 3. The molecule has 1 aliphatic carbocycles. The topological polar surface area (TPSA) is 43.4 Å². The summed E-state index contributed by atoms with van der Waals surface area (Å²) in [5.74, 6) is -0.387. The van der Waals surface area contributed by atoms with E-state index in [0.717, 1.165) is 34.4 Å². The summed E-state index contributed by atoms with van der Waals surface area (Å²) in [7, 11) is -1.95. The number of carbonyl (C=O) groups is 2. The predicted molar refractivity (Wildman–Crippen MR) is 171 cm³/mol. The van der Waals surface area contributed by atoms with Crippen LogP contribution in [0.5, 0.6) is 5.75 Å². The molecule has 0 saturated carbocycles. The second-order valence-corrected chi connectivity index (χ2v) is 14.7. The lowest BCUT2D eigenvalue weighted by Gasteiger charge is -2.51. The molecule has 0 amide bonds. The van der Waals surface area contributed by atoms with Gasteiger partial charge in [0.1, 0.15) is 5.75 Å². The SMILES string of the molecule is Cc1cccc(-c2cccc(C(=O)C(=O)c3ccc(OS(C4=CCCC=C4)(c4ccccc4)C(C)(C)C)cc3)c2)c1. The first-order chi connectivity index (χ1) is 19.7. The van der Waals surface area contributed by atoms with Crippen molar-refractivity contribution >= 4 is 21.9 Å². The lowest BCUT2D eigenvalue weighted by molar-refractivity contribution is 0.0817. The number of hydrogen-bond donors (Lipinski definition) is 0. The largest absolute Gasteiger partial charge is 0.440 e. The van der Waals surface area contributed by atoms with E-state index in [4.69, 9.17) is 4.18 Å². The van der Waals surface area contributed by atoms with Crippen LogP contribution in [-0.2, 0) is 0 Å². The number of aryl methyl sites for hydroxylation is 1. The van der Waals surface area contributed by atoms with Crippen molar-refractivity contribution < 1.29 is 13.8 Å². The fourth-order valence-electron chi connectivity index (χ4n) is 5.21. The highest BCUT2D eigenvalue weighted by molar-refractivity contribution is 8.34. The predicted octanol–water partition coefficient (Wildman–Crippen LogP) is 9.92. The van der Waals surface area contributed by atoms with Crippen LogP contribution in [0.25, 0.3) is 11.1 Å². The average Bonchev–Trinajstić information content (AvgIpc) is 3.00. The number of Topliss-reactive ketones (excluding diaryl/α,β-unsaturated/α-hetero) is 2. The minimum absolute atomic E-state index is 0.214. The lowest BCUT2D eigenvalue weighted by atomic mass is 9.97. The molecule has 208 valence electrons. The van der Waals surface area contributed by atoms with Gasteiger partial charge in [0.15, 0.2) is 0 Å². The second-order valence-electron chi connectivity index (χ2n) is 11.3. The minimum Gasteiger partial charge on any atom is -0.440 e. The van der Waals surface area contributed by atoms with Gasteiger partial charge in [-0.05, 0) is 104 Å². The molecule has 4 aromatic carbocycles. The van der Waals surface area contributed by atoms with Crippen LogP contribution in [0.15, 0.2) is 131 Å². The summed E-state index contributed by atoms with van der Waals surface area (Å²) in [6, 6.07) is 32.8. The maximum Gasteiger partial charge on any atom is 0.233 e. The molecule has 0 radical (unpaired) electrons. The zero-order valence-electron chi connectivity index (χ0n) is 24.1. The van der Waals surface area contributed by atoms with Crippen molar-refractivity contribution in [2.45, 2.75) is 50.2 Å². The smallest absolute Gasteiger partial charge is 0.233 e. The van der Waals surface area contributed by atoms with Gasteiger partial charge in [0, 0.05) is 25.7 Å². The van der Waals surface area contributed by atoms with Gasteiger partial charge in [0.2, 0.25) is 11.6 Å². The fraction of sp³-hybridized carbons (Fsp3) is 0.189. The first-order valence-corrected chi connectivity index (χ1v) is 15.6. The Hall–Kier alpha value is -4.15. The zero-order chi connectivity index (χ0) is 29.0. The van der Waals surface area contributed by atoms with Crippen molar-refractivity contribution in [3.8, 4) is 16.9 Å². The van der Waals surface area contributed by atoms with E-state index in [0.29, 0.717) is 16.9 Å². The van der Waals surface area contributed by atoms with E-state index in [9.17, 15) is 9.59 Å². The number of hydrogen-bond acceptors (Lipinski definition) is 3. The number of ketones is 2. The first-order valence-electron chi connectivity index (χ1n) is 14.0. The summed E-state index contributed by atoms with van der Waals surface area (Å²) < 4.78 is 6.80. The van der Waals surface area contributed by atoms with Gasteiger partial charge in [-0.1, -0.05) is 84.5 Å². The Morgan fingerprint density at radius 2 is 1.37 bits per heavy atom. The average molecular weight is 561 g/mol. The molecule has 0 aromatic heterocycles. The fourth-order valence-corrected chi connectivity index (χ4v) is 8.92. The summed E-state index contributed by atoms with van der Waals surface area (Å²) in [6.45, 7) is 8.70. The Balaban J connectivity index is 1.43. The zero-order valence-corrected chi connectivity index (χ0v) is 24.9. The van der Waals surface area contributed by atoms with Crippen molar-refractivity contribution in [1.29, 1.82) is 0 Å². The maximum absolute atomic E-state index is 13.3. The highest BCUT2D eigenvalue weighted by Gasteiger charge is 2.43. The molecule has 0 heterocycles. The third-order valence-electron chi connectivity index (χ3n) is 7.25. The molecule has 3 nitrogen and oxygen atoms in total. The van der Waals surface area contributed by atoms with E-state index in [-0.39, 0.29) is 4.75 Å². The Morgan fingerprint density at radius 3 is 2.00 bits per heavy atom. The van der Waals surface area contributed by atoms with Crippen molar-refractivity contribution in [1.82, 2.24) is 0 Å². The van der Waals surface area contributed by atoms with Crippen LogP contribution in [-0.4, -0.2) is 16.3 Å². The van der Waals surface area contributed by atoms with Crippen molar-refractivity contribution in [2.75, 3.05) is 0 Å². The molecule has 1 unspecified atom stereocenters. The van der Waals surface area contributed by atoms with E-state index in [1.807, 2.05) is 55.5 Å². The number of benzene rings is 4. The van der Waals surface area contributed by atoms with Gasteiger partial charge in [0.05, 0.1) is 0 Å². The molecule has 41 heavy (non-hydrogen) atoms. The van der Waals surface area contributed by atoms with Crippen LogP contribution in [0.3, 0.4) is 0 Å². The van der Waals surface area contributed by atoms with Crippen molar-refractivity contribution in [3.05, 3.63) is 143 Å². The summed E-state index contributed by atoms with van der Waals surface area (Å²) in [6.07, 6.45) is 8.73. The standard InChI is InChI=1S/C37H36O3S/c1-27-13-11-14-29(25-27)30-15-12-16-31(26-30)36(39)35(38)28-21-23-32(24-22-28)40-41(37(2,3)4,33-17-7-5-8-18-33)34-19-9-6-10-20-34/h5,7-9,11-26H,6,10H2,1-4H3. The van der Waals surface area contributed by atoms with E-state index >= 15 is 0 Å². The van der Waals surface area contributed by atoms with Crippen LogP contribution in [0, 0.1) is 6.92 Å². The Kier molecular flexibility index (Phi) is 8.14. The molecule has 0 spiro atoms. The van der Waals surface area contributed by atoms with Crippen molar-refractivity contribution in [3.63, 3.8) is 0 Å². The van der Waals surface area contributed by atoms with Gasteiger partial charge in [-0.2, -0.15) is 0 Å². The molecule has 0 saturated heterocycles. The highest BCUT2D eigenvalue weighted by atomic mass is 32.3. The Labute approximate surface area is 245 Å². The van der Waals surface area contributed by atoms with E-state index in [1.165, 1.54) is 4.91 Å². The summed E-state index contributed by atoms with van der Waals surface area (Å²) in [4.78, 5) is 28.9. The Bertz CT molecular complexity index is 1630. The van der Waals surface area contributed by atoms with E-state index < -0.39 is 21.9 Å². The molecule has 1 atom stereocenters. The molecule has 4 aromatic rings. The molecule has 0 bridgehead atoms. The third kappa shape index (κ3) is 5.84. The molecular formula is C37H36O3S. The van der Waals surface area contributed by atoms with Gasteiger partial charge >= 0.3 is 0 Å². The van der Waals surface area contributed by atoms with Gasteiger partial charge in [-0.3, -0.25) is 9.59 Å².